The Morgan fingerprint density at radius 1 is 1.28 bits per heavy atom. The highest BCUT2D eigenvalue weighted by atomic mass is 16.3. The van der Waals surface area contributed by atoms with Crippen LogP contribution in [0.25, 0.3) is 0 Å². The highest BCUT2D eigenvalue weighted by Gasteiger charge is 2.32. The molecule has 3 rings (SSSR count). The highest BCUT2D eigenvalue weighted by Crippen LogP contribution is 2.35. The number of phenolic OH excluding ortho intramolecular Hbond substituents is 1. The number of fused-ring (bicyclic) bond motifs is 1. The average Bonchev–Trinajstić information content (AvgIpc) is 2.93. The molecule has 3 N–H and O–H groups in total. The van der Waals surface area contributed by atoms with E-state index in [4.69, 9.17) is 0 Å². The van der Waals surface area contributed by atoms with Gasteiger partial charge in [-0.05, 0) is 48.9 Å². The number of aryl methyl sites for hydroxylation is 1. The molecule has 0 radical (unpaired) electrons. The van der Waals surface area contributed by atoms with Gasteiger partial charge in [0.05, 0.1) is 5.60 Å². The van der Waals surface area contributed by atoms with Crippen LogP contribution in [0.15, 0.2) is 18.2 Å². The van der Waals surface area contributed by atoms with Gasteiger partial charge in [-0.1, -0.05) is 18.9 Å². The summed E-state index contributed by atoms with van der Waals surface area (Å²) in [6.07, 6.45) is 6.22. The van der Waals surface area contributed by atoms with Gasteiger partial charge in [0, 0.05) is 12.6 Å². The van der Waals surface area contributed by atoms with Crippen LogP contribution in [0, 0.1) is 0 Å². The molecule has 0 heterocycles. The molecule has 3 nitrogen and oxygen atoms in total. The first-order chi connectivity index (χ1) is 8.66. The maximum absolute atomic E-state index is 10.3. The predicted octanol–water partition coefficient (Wildman–Crippen LogP) is 2.27. The average molecular weight is 247 g/mol. The van der Waals surface area contributed by atoms with Gasteiger partial charge >= 0.3 is 0 Å². The van der Waals surface area contributed by atoms with Crippen molar-refractivity contribution in [3.8, 4) is 5.75 Å². The zero-order valence-corrected chi connectivity index (χ0v) is 10.7. The lowest BCUT2D eigenvalue weighted by molar-refractivity contribution is 0.0448. The molecule has 1 saturated carbocycles. The number of phenols is 1. The van der Waals surface area contributed by atoms with Crippen LogP contribution in [0.4, 0.5) is 0 Å². The normalized spacial score (nSPS) is 25.3. The number of hydrogen-bond acceptors (Lipinski definition) is 3. The van der Waals surface area contributed by atoms with Crippen LogP contribution in [0.2, 0.25) is 0 Å². The summed E-state index contributed by atoms with van der Waals surface area (Å²) in [7, 11) is 0. The number of aliphatic hydroxyl groups is 1. The molecule has 0 spiro atoms. The first-order valence-electron chi connectivity index (χ1n) is 6.94. The molecular weight excluding hydrogens is 226 g/mol. The molecule has 18 heavy (non-hydrogen) atoms. The molecule has 1 atom stereocenters. The number of rotatable bonds is 3. The first kappa shape index (κ1) is 12.0. The lowest BCUT2D eigenvalue weighted by Crippen LogP contribution is -2.39. The van der Waals surface area contributed by atoms with Crippen LogP contribution in [0.3, 0.4) is 0 Å². The molecule has 0 amide bonds. The Balaban J connectivity index is 1.66. The van der Waals surface area contributed by atoms with Gasteiger partial charge in [0.25, 0.3) is 0 Å². The largest absolute Gasteiger partial charge is 0.508 e. The van der Waals surface area contributed by atoms with E-state index in [-0.39, 0.29) is 0 Å². The monoisotopic (exact) mass is 247 g/mol. The fourth-order valence-corrected chi connectivity index (χ4v) is 3.34. The summed E-state index contributed by atoms with van der Waals surface area (Å²) < 4.78 is 0. The van der Waals surface area contributed by atoms with E-state index in [1.54, 1.807) is 6.07 Å². The Morgan fingerprint density at radius 2 is 2.06 bits per heavy atom. The Bertz CT molecular complexity index is 438. The van der Waals surface area contributed by atoms with Crippen molar-refractivity contribution in [2.24, 2.45) is 0 Å². The number of benzene rings is 1. The predicted molar refractivity (Wildman–Crippen MR) is 70.6 cm³/mol. The van der Waals surface area contributed by atoms with Crippen molar-refractivity contribution in [3.63, 3.8) is 0 Å². The van der Waals surface area contributed by atoms with Crippen LogP contribution < -0.4 is 5.32 Å². The number of aromatic hydroxyl groups is 1. The topological polar surface area (TPSA) is 52.5 Å². The second kappa shape index (κ2) is 4.56. The summed E-state index contributed by atoms with van der Waals surface area (Å²) >= 11 is 0. The van der Waals surface area contributed by atoms with Gasteiger partial charge in [0.1, 0.15) is 5.75 Å². The smallest absolute Gasteiger partial charge is 0.115 e. The van der Waals surface area contributed by atoms with E-state index >= 15 is 0 Å². The zero-order chi connectivity index (χ0) is 12.6. The minimum Gasteiger partial charge on any atom is -0.508 e. The maximum Gasteiger partial charge on any atom is 0.115 e. The summed E-state index contributed by atoms with van der Waals surface area (Å²) in [6, 6.07) is 5.96. The Hall–Kier alpha value is -1.06. The molecule has 1 aromatic rings. The standard InChI is InChI=1S/C15H21NO2/c17-12-4-5-13-11(9-12)3-6-14(13)16-10-15(18)7-1-2-8-15/h4-5,9,14,16-18H,1-3,6-8,10H2. The van der Waals surface area contributed by atoms with E-state index in [0.29, 0.717) is 18.3 Å². The molecule has 0 aliphatic heterocycles. The number of hydrogen-bond donors (Lipinski definition) is 3. The van der Waals surface area contributed by atoms with Gasteiger partial charge in [0.15, 0.2) is 0 Å². The highest BCUT2D eigenvalue weighted by molar-refractivity contribution is 5.40. The van der Waals surface area contributed by atoms with Crippen molar-refractivity contribution in [2.75, 3.05) is 6.54 Å². The van der Waals surface area contributed by atoms with Gasteiger partial charge in [-0.25, -0.2) is 0 Å². The summed E-state index contributed by atoms with van der Waals surface area (Å²) in [5, 5.41) is 23.3. The number of nitrogens with one attached hydrogen (secondary N) is 1. The summed E-state index contributed by atoms with van der Waals surface area (Å²) in [5.74, 6) is 0.351. The molecule has 2 aliphatic carbocycles. The first-order valence-corrected chi connectivity index (χ1v) is 6.94. The van der Waals surface area contributed by atoms with E-state index in [1.165, 1.54) is 11.1 Å². The zero-order valence-electron chi connectivity index (χ0n) is 10.7. The molecule has 1 fully saturated rings. The third-order valence-corrected chi connectivity index (χ3v) is 4.42. The van der Waals surface area contributed by atoms with Gasteiger partial charge < -0.3 is 15.5 Å². The van der Waals surface area contributed by atoms with E-state index in [0.717, 1.165) is 38.5 Å². The third-order valence-electron chi connectivity index (χ3n) is 4.42. The van der Waals surface area contributed by atoms with E-state index in [1.807, 2.05) is 12.1 Å². The quantitative estimate of drug-likeness (QED) is 0.768. The fourth-order valence-electron chi connectivity index (χ4n) is 3.34. The molecule has 1 unspecified atom stereocenters. The molecule has 98 valence electrons. The van der Waals surface area contributed by atoms with Crippen LogP contribution in [0.1, 0.15) is 49.3 Å². The van der Waals surface area contributed by atoms with Crippen LogP contribution in [0.5, 0.6) is 5.75 Å². The van der Waals surface area contributed by atoms with Crippen molar-refractivity contribution < 1.29 is 10.2 Å². The van der Waals surface area contributed by atoms with Crippen molar-refractivity contribution in [1.82, 2.24) is 5.32 Å². The van der Waals surface area contributed by atoms with Crippen molar-refractivity contribution >= 4 is 0 Å². The molecule has 3 heteroatoms. The second-order valence-corrected chi connectivity index (χ2v) is 5.79. The molecule has 0 aromatic heterocycles. The van der Waals surface area contributed by atoms with Gasteiger partial charge in [-0.15, -0.1) is 0 Å². The van der Waals surface area contributed by atoms with Gasteiger partial charge in [-0.2, -0.15) is 0 Å². The molecule has 2 aliphatic rings. The summed E-state index contributed by atoms with van der Waals surface area (Å²) in [6.45, 7) is 0.692. The lowest BCUT2D eigenvalue weighted by Gasteiger charge is -2.25. The minimum absolute atomic E-state index is 0.338. The van der Waals surface area contributed by atoms with Crippen molar-refractivity contribution in [3.05, 3.63) is 29.3 Å². The summed E-state index contributed by atoms with van der Waals surface area (Å²) in [5.41, 5.74) is 2.04. The van der Waals surface area contributed by atoms with Crippen molar-refractivity contribution in [2.45, 2.75) is 50.2 Å². The molecule has 0 saturated heterocycles. The molecule has 0 bridgehead atoms. The van der Waals surface area contributed by atoms with Crippen LogP contribution >= 0.6 is 0 Å². The lowest BCUT2D eigenvalue weighted by atomic mass is 10.0. The Morgan fingerprint density at radius 3 is 2.83 bits per heavy atom. The summed E-state index contributed by atoms with van der Waals surface area (Å²) in [4.78, 5) is 0. The molecule has 1 aromatic carbocycles. The SMILES string of the molecule is Oc1ccc2c(c1)CCC2NCC1(O)CCCC1. The van der Waals surface area contributed by atoms with Gasteiger partial charge in [-0.3, -0.25) is 0 Å². The molecular formula is C15H21NO2. The third kappa shape index (κ3) is 2.25. The Kier molecular flexibility index (Phi) is 3.04. The maximum atomic E-state index is 10.3. The van der Waals surface area contributed by atoms with E-state index < -0.39 is 5.60 Å². The van der Waals surface area contributed by atoms with Gasteiger partial charge in [0.2, 0.25) is 0 Å². The van der Waals surface area contributed by atoms with Crippen LogP contribution in [-0.4, -0.2) is 22.4 Å². The van der Waals surface area contributed by atoms with E-state index in [2.05, 4.69) is 5.32 Å². The van der Waals surface area contributed by atoms with Crippen LogP contribution in [-0.2, 0) is 6.42 Å². The Labute approximate surface area is 108 Å². The fraction of sp³-hybridized carbons (Fsp3) is 0.600. The minimum atomic E-state index is -0.486. The second-order valence-electron chi connectivity index (χ2n) is 5.79. The van der Waals surface area contributed by atoms with Crippen molar-refractivity contribution in [1.29, 1.82) is 0 Å². The van der Waals surface area contributed by atoms with E-state index in [9.17, 15) is 10.2 Å².